The third kappa shape index (κ3) is 3.12. The summed E-state index contributed by atoms with van der Waals surface area (Å²) in [4.78, 5) is 15.5. The van der Waals surface area contributed by atoms with Gasteiger partial charge in [-0.15, -0.1) is 0 Å². The van der Waals surface area contributed by atoms with Crippen LogP contribution in [-0.4, -0.2) is 25.3 Å². The average molecular weight is 283 g/mol. The van der Waals surface area contributed by atoms with Gasteiger partial charge in [0.25, 0.3) is 0 Å². The second kappa shape index (κ2) is 5.55. The summed E-state index contributed by atoms with van der Waals surface area (Å²) >= 11 is 0.564. The molecule has 0 aliphatic carbocycles. The van der Waals surface area contributed by atoms with E-state index >= 15 is 0 Å². The molecule has 19 heavy (non-hydrogen) atoms. The molecule has 0 saturated carbocycles. The Kier molecular flexibility index (Phi) is 3.83. The third-order valence-corrected chi connectivity index (χ3v) is 2.79. The fourth-order valence-electron chi connectivity index (χ4n) is 1.22. The van der Waals surface area contributed by atoms with Crippen molar-refractivity contribution in [3.8, 4) is 17.5 Å². The van der Waals surface area contributed by atoms with E-state index in [1.807, 2.05) is 0 Å². The SMILES string of the molecule is O=C(O)c1ccc(OOSn2c(O)ccc2O)cc1. The Morgan fingerprint density at radius 2 is 1.63 bits per heavy atom. The van der Waals surface area contributed by atoms with Gasteiger partial charge in [0.2, 0.25) is 11.8 Å². The van der Waals surface area contributed by atoms with Gasteiger partial charge in [-0.1, -0.05) is 4.33 Å². The summed E-state index contributed by atoms with van der Waals surface area (Å²) in [5, 5.41) is 27.3. The molecule has 8 heteroatoms. The molecule has 0 bridgehead atoms. The molecule has 1 heterocycles. The van der Waals surface area contributed by atoms with E-state index in [9.17, 15) is 15.0 Å². The fraction of sp³-hybridized carbons (Fsp3) is 0. The zero-order chi connectivity index (χ0) is 13.8. The van der Waals surface area contributed by atoms with Gasteiger partial charge in [-0.3, -0.25) is 0 Å². The number of carboxylic acid groups (broad SMARTS) is 1. The first-order chi connectivity index (χ1) is 9.08. The first-order valence-electron chi connectivity index (χ1n) is 5.02. The van der Waals surface area contributed by atoms with Crippen LogP contribution in [0.4, 0.5) is 0 Å². The Balaban J connectivity index is 1.91. The molecule has 2 rings (SSSR count). The van der Waals surface area contributed by atoms with Gasteiger partial charge in [0.05, 0.1) is 5.56 Å². The van der Waals surface area contributed by atoms with Crippen molar-refractivity contribution >= 4 is 18.2 Å². The molecule has 0 aliphatic heterocycles. The van der Waals surface area contributed by atoms with Crippen LogP contribution in [0.15, 0.2) is 36.4 Å². The van der Waals surface area contributed by atoms with Crippen molar-refractivity contribution in [3.63, 3.8) is 0 Å². The summed E-state index contributed by atoms with van der Waals surface area (Å²) in [6.07, 6.45) is 0. The maximum absolute atomic E-state index is 10.6. The molecule has 0 amide bonds. The zero-order valence-corrected chi connectivity index (χ0v) is 10.2. The normalized spacial score (nSPS) is 10.3. The maximum atomic E-state index is 10.6. The number of aromatic carboxylic acids is 1. The molecule has 0 fully saturated rings. The Morgan fingerprint density at radius 3 is 2.16 bits per heavy atom. The van der Waals surface area contributed by atoms with Crippen LogP contribution in [0.1, 0.15) is 10.4 Å². The molecular formula is C11H9NO6S. The summed E-state index contributed by atoms with van der Waals surface area (Å²) < 4.78 is 5.73. The number of nitrogens with zero attached hydrogens (tertiary/aromatic N) is 1. The van der Waals surface area contributed by atoms with Crippen LogP contribution in [0.2, 0.25) is 0 Å². The minimum atomic E-state index is -1.04. The summed E-state index contributed by atoms with van der Waals surface area (Å²) in [5.74, 6) is -1.16. The molecule has 1 aromatic heterocycles. The van der Waals surface area contributed by atoms with E-state index in [0.29, 0.717) is 12.2 Å². The van der Waals surface area contributed by atoms with Crippen LogP contribution in [0.5, 0.6) is 17.5 Å². The monoisotopic (exact) mass is 283 g/mol. The fourth-order valence-corrected chi connectivity index (χ4v) is 1.66. The quantitative estimate of drug-likeness (QED) is 0.438. The van der Waals surface area contributed by atoms with Gasteiger partial charge < -0.3 is 20.2 Å². The number of carbonyl (C=O) groups is 1. The summed E-state index contributed by atoms with van der Waals surface area (Å²) in [5.41, 5.74) is 0.126. The van der Waals surface area contributed by atoms with Crippen molar-refractivity contribution in [1.82, 2.24) is 3.97 Å². The zero-order valence-electron chi connectivity index (χ0n) is 9.39. The second-order valence-corrected chi connectivity index (χ2v) is 4.05. The predicted octanol–water partition coefficient (Wildman–Crippen LogP) is 2.02. The van der Waals surface area contributed by atoms with Gasteiger partial charge >= 0.3 is 5.97 Å². The van der Waals surface area contributed by atoms with Crippen LogP contribution >= 0.6 is 12.2 Å². The van der Waals surface area contributed by atoms with Gasteiger partial charge in [-0.25, -0.2) is 4.79 Å². The number of carboxylic acids is 1. The molecule has 0 aliphatic rings. The number of hydrogen-bond donors (Lipinski definition) is 3. The lowest BCUT2D eigenvalue weighted by molar-refractivity contribution is -0.0789. The van der Waals surface area contributed by atoms with Gasteiger partial charge in [-0.05, 0) is 24.3 Å². The first-order valence-corrected chi connectivity index (χ1v) is 5.72. The van der Waals surface area contributed by atoms with Crippen molar-refractivity contribution in [3.05, 3.63) is 42.0 Å². The van der Waals surface area contributed by atoms with Crippen molar-refractivity contribution < 1.29 is 29.3 Å². The predicted molar refractivity (Wildman–Crippen MR) is 65.9 cm³/mol. The molecule has 0 atom stereocenters. The van der Waals surface area contributed by atoms with E-state index in [1.54, 1.807) is 0 Å². The van der Waals surface area contributed by atoms with Crippen molar-refractivity contribution in [2.45, 2.75) is 0 Å². The lowest BCUT2D eigenvalue weighted by Crippen LogP contribution is -1.97. The minimum absolute atomic E-state index is 0.126. The number of aromatic hydroxyl groups is 2. The van der Waals surface area contributed by atoms with E-state index < -0.39 is 5.97 Å². The number of rotatable bonds is 5. The highest BCUT2D eigenvalue weighted by molar-refractivity contribution is 7.93. The molecule has 0 spiro atoms. The lowest BCUT2D eigenvalue weighted by atomic mass is 10.2. The van der Waals surface area contributed by atoms with E-state index in [4.69, 9.17) is 14.3 Å². The summed E-state index contributed by atoms with van der Waals surface area (Å²) in [6.45, 7) is 0. The molecule has 7 nitrogen and oxygen atoms in total. The van der Waals surface area contributed by atoms with Crippen molar-refractivity contribution in [2.75, 3.05) is 0 Å². The third-order valence-electron chi connectivity index (χ3n) is 2.13. The highest BCUT2D eigenvalue weighted by atomic mass is 32.2. The van der Waals surface area contributed by atoms with Crippen LogP contribution in [0.25, 0.3) is 0 Å². The Hall–Kier alpha value is -2.32. The lowest BCUT2D eigenvalue weighted by Gasteiger charge is -2.05. The summed E-state index contributed by atoms with van der Waals surface area (Å²) in [7, 11) is 0. The molecular weight excluding hydrogens is 274 g/mol. The first kappa shape index (κ1) is 13.1. The smallest absolute Gasteiger partial charge is 0.335 e. The topological polar surface area (TPSA) is 101 Å². The molecule has 0 unspecified atom stereocenters. The number of aromatic nitrogens is 1. The Labute approximate surface area is 111 Å². The van der Waals surface area contributed by atoms with Gasteiger partial charge in [-0.2, -0.15) is 3.97 Å². The molecule has 100 valence electrons. The molecule has 3 N–H and O–H groups in total. The highest BCUT2D eigenvalue weighted by Gasteiger charge is 2.08. The van der Waals surface area contributed by atoms with Gasteiger partial charge in [0.1, 0.15) is 0 Å². The van der Waals surface area contributed by atoms with E-state index in [1.165, 1.54) is 36.4 Å². The molecule has 0 saturated heterocycles. The van der Waals surface area contributed by atoms with E-state index in [0.717, 1.165) is 3.97 Å². The maximum Gasteiger partial charge on any atom is 0.335 e. The molecule has 0 radical (unpaired) electrons. The minimum Gasteiger partial charge on any atom is -0.494 e. The van der Waals surface area contributed by atoms with E-state index in [-0.39, 0.29) is 23.1 Å². The van der Waals surface area contributed by atoms with Gasteiger partial charge in [0, 0.05) is 12.1 Å². The second-order valence-electron chi connectivity index (χ2n) is 3.40. The standard InChI is InChI=1S/C11H9NO6S/c13-9-5-6-10(14)12(9)19-18-17-8-3-1-7(2-4-8)11(15)16/h1-6,13-14H,(H,15,16). The largest absolute Gasteiger partial charge is 0.494 e. The van der Waals surface area contributed by atoms with Crippen LogP contribution in [0.3, 0.4) is 0 Å². The number of benzene rings is 1. The van der Waals surface area contributed by atoms with Crippen LogP contribution in [0, 0.1) is 0 Å². The van der Waals surface area contributed by atoms with Gasteiger partial charge in [0.15, 0.2) is 18.0 Å². The molecule has 1 aromatic carbocycles. The average Bonchev–Trinajstić information content (AvgIpc) is 2.71. The van der Waals surface area contributed by atoms with Crippen LogP contribution < -0.4 is 4.89 Å². The van der Waals surface area contributed by atoms with Crippen molar-refractivity contribution in [1.29, 1.82) is 0 Å². The van der Waals surface area contributed by atoms with Crippen LogP contribution in [-0.2, 0) is 4.33 Å². The summed E-state index contributed by atoms with van der Waals surface area (Å²) in [6, 6.07) is 8.12. The number of hydrogen-bond acceptors (Lipinski definition) is 6. The molecule has 2 aromatic rings. The highest BCUT2D eigenvalue weighted by Crippen LogP contribution is 2.28. The Morgan fingerprint density at radius 1 is 1.05 bits per heavy atom. The van der Waals surface area contributed by atoms with Crippen molar-refractivity contribution in [2.24, 2.45) is 0 Å². The Bertz CT molecular complexity index is 560. The van der Waals surface area contributed by atoms with E-state index in [2.05, 4.69) is 0 Å².